The Morgan fingerprint density at radius 1 is 1.42 bits per heavy atom. The average Bonchev–Trinajstić information content (AvgIpc) is 3.23. The monoisotopic (exact) mass is 382 g/mol. The number of ether oxygens (including phenoxy) is 1. The van der Waals surface area contributed by atoms with Gasteiger partial charge in [0, 0.05) is 39.4 Å². The van der Waals surface area contributed by atoms with Gasteiger partial charge in [0.2, 0.25) is 5.91 Å². The van der Waals surface area contributed by atoms with Crippen LogP contribution in [0.5, 0.6) is 0 Å². The highest BCUT2D eigenvalue weighted by atomic mass is 35.5. The Balaban J connectivity index is 0.00000243. The summed E-state index contributed by atoms with van der Waals surface area (Å²) in [6, 6.07) is 5.81. The zero-order valence-corrected chi connectivity index (χ0v) is 15.6. The fourth-order valence-electron chi connectivity index (χ4n) is 3.30. The Hall–Kier alpha value is -1.96. The van der Waals surface area contributed by atoms with Gasteiger partial charge in [-0.3, -0.25) is 9.48 Å². The Morgan fingerprint density at radius 2 is 2.15 bits per heavy atom. The molecule has 1 unspecified atom stereocenters. The average molecular weight is 383 g/mol. The zero-order valence-electron chi connectivity index (χ0n) is 14.8. The second-order valence-electron chi connectivity index (χ2n) is 6.39. The van der Waals surface area contributed by atoms with Gasteiger partial charge in [-0.15, -0.1) is 12.4 Å². The molecule has 1 aliphatic rings. The van der Waals surface area contributed by atoms with Gasteiger partial charge in [-0.25, -0.2) is 4.39 Å². The highest BCUT2D eigenvalue weighted by Gasteiger charge is 2.35. The first-order valence-electron chi connectivity index (χ1n) is 8.32. The smallest absolute Gasteiger partial charge is 0.225 e. The molecule has 2 heterocycles. The number of rotatable bonds is 6. The number of aromatic nitrogens is 2. The third-order valence-corrected chi connectivity index (χ3v) is 4.63. The van der Waals surface area contributed by atoms with Crippen LogP contribution in [0.2, 0.25) is 0 Å². The standard InChI is InChI=1S/C18H23FN4O2.ClH/c1-23-10-13(7-21-23)15-8-20-9-16(15)18(24)22-17(11-25-2)12-3-5-14(19)6-4-12;/h3-7,10,15-17,20H,8-9,11H2,1-2H3,(H,22,24);1H/t15-,16+,17?;/m1./s1. The van der Waals surface area contributed by atoms with E-state index in [1.54, 1.807) is 23.9 Å². The van der Waals surface area contributed by atoms with Gasteiger partial charge < -0.3 is 15.4 Å². The third-order valence-electron chi connectivity index (χ3n) is 4.63. The van der Waals surface area contributed by atoms with Crippen molar-refractivity contribution in [1.82, 2.24) is 20.4 Å². The lowest BCUT2D eigenvalue weighted by Crippen LogP contribution is -2.38. The van der Waals surface area contributed by atoms with E-state index in [1.165, 1.54) is 12.1 Å². The summed E-state index contributed by atoms with van der Waals surface area (Å²) in [4.78, 5) is 12.9. The topological polar surface area (TPSA) is 68.2 Å². The lowest BCUT2D eigenvalue weighted by Gasteiger charge is -2.23. The number of carbonyl (C=O) groups excluding carboxylic acids is 1. The molecule has 1 fully saturated rings. The van der Waals surface area contributed by atoms with E-state index in [9.17, 15) is 9.18 Å². The van der Waals surface area contributed by atoms with Gasteiger partial charge in [0.15, 0.2) is 0 Å². The van der Waals surface area contributed by atoms with Gasteiger partial charge in [0.1, 0.15) is 5.82 Å². The van der Waals surface area contributed by atoms with Crippen molar-refractivity contribution in [3.8, 4) is 0 Å². The number of amides is 1. The van der Waals surface area contributed by atoms with Crippen LogP contribution in [-0.2, 0) is 16.6 Å². The van der Waals surface area contributed by atoms with Crippen LogP contribution in [0.15, 0.2) is 36.7 Å². The van der Waals surface area contributed by atoms with E-state index in [-0.39, 0.29) is 42.0 Å². The van der Waals surface area contributed by atoms with Crippen LogP contribution >= 0.6 is 12.4 Å². The molecule has 26 heavy (non-hydrogen) atoms. The third kappa shape index (κ3) is 4.60. The maximum atomic E-state index is 13.2. The van der Waals surface area contributed by atoms with Crippen LogP contribution in [0.1, 0.15) is 23.1 Å². The highest BCUT2D eigenvalue weighted by Crippen LogP contribution is 2.28. The molecule has 0 aliphatic carbocycles. The van der Waals surface area contributed by atoms with Crippen LogP contribution < -0.4 is 10.6 Å². The minimum Gasteiger partial charge on any atom is -0.382 e. The molecule has 0 saturated carbocycles. The number of nitrogens with one attached hydrogen (secondary N) is 2. The molecule has 1 aliphatic heterocycles. The molecule has 1 saturated heterocycles. The summed E-state index contributed by atoms with van der Waals surface area (Å²) in [5.74, 6) is -0.428. The fraction of sp³-hybridized carbons (Fsp3) is 0.444. The summed E-state index contributed by atoms with van der Waals surface area (Å²) in [5, 5.41) is 10.5. The van der Waals surface area contributed by atoms with E-state index in [2.05, 4.69) is 15.7 Å². The number of nitrogens with zero attached hydrogens (tertiary/aromatic N) is 2. The molecule has 0 radical (unpaired) electrons. The molecule has 0 spiro atoms. The molecule has 2 N–H and O–H groups in total. The van der Waals surface area contributed by atoms with Gasteiger partial charge in [-0.1, -0.05) is 12.1 Å². The van der Waals surface area contributed by atoms with Crippen molar-refractivity contribution in [2.45, 2.75) is 12.0 Å². The molecule has 0 bridgehead atoms. The SMILES string of the molecule is COCC(NC(=O)[C@H]1CNC[C@@H]1c1cnn(C)c1)c1ccc(F)cc1.Cl. The van der Waals surface area contributed by atoms with Crippen LogP contribution in [0, 0.1) is 11.7 Å². The minimum absolute atomic E-state index is 0. The van der Waals surface area contributed by atoms with Crippen molar-refractivity contribution in [2.24, 2.45) is 13.0 Å². The predicted octanol–water partition coefficient (Wildman–Crippen LogP) is 1.79. The van der Waals surface area contributed by atoms with E-state index in [4.69, 9.17) is 4.74 Å². The summed E-state index contributed by atoms with van der Waals surface area (Å²) < 4.78 is 20.1. The second-order valence-corrected chi connectivity index (χ2v) is 6.39. The van der Waals surface area contributed by atoms with Crippen molar-refractivity contribution in [3.05, 3.63) is 53.6 Å². The fourth-order valence-corrected chi connectivity index (χ4v) is 3.30. The van der Waals surface area contributed by atoms with Crippen LogP contribution in [0.25, 0.3) is 0 Å². The molecular formula is C18H24ClFN4O2. The lowest BCUT2D eigenvalue weighted by molar-refractivity contribution is -0.126. The van der Waals surface area contributed by atoms with Gasteiger partial charge in [0.25, 0.3) is 0 Å². The van der Waals surface area contributed by atoms with E-state index < -0.39 is 0 Å². The van der Waals surface area contributed by atoms with Crippen molar-refractivity contribution in [1.29, 1.82) is 0 Å². The number of methoxy groups -OCH3 is 1. The number of aryl methyl sites for hydroxylation is 1. The molecule has 3 atom stereocenters. The normalized spacial score (nSPS) is 20.4. The number of hydrogen-bond acceptors (Lipinski definition) is 4. The van der Waals surface area contributed by atoms with Crippen molar-refractivity contribution in [3.63, 3.8) is 0 Å². The number of hydrogen-bond donors (Lipinski definition) is 2. The molecule has 2 aromatic rings. The van der Waals surface area contributed by atoms with Crippen LogP contribution in [0.3, 0.4) is 0 Å². The summed E-state index contributed by atoms with van der Waals surface area (Å²) >= 11 is 0. The molecule has 6 nitrogen and oxygen atoms in total. The van der Waals surface area contributed by atoms with E-state index >= 15 is 0 Å². The first kappa shape index (κ1) is 20.4. The maximum absolute atomic E-state index is 13.2. The molecule has 1 amide bonds. The zero-order chi connectivity index (χ0) is 17.8. The van der Waals surface area contributed by atoms with Crippen molar-refractivity contribution in [2.75, 3.05) is 26.8 Å². The summed E-state index contributed by atoms with van der Waals surface area (Å²) in [5.41, 5.74) is 1.87. The molecule has 1 aromatic carbocycles. The Labute approximate surface area is 158 Å². The Kier molecular flexibility index (Phi) is 7.14. The molecule has 3 rings (SSSR count). The van der Waals surface area contributed by atoms with Gasteiger partial charge >= 0.3 is 0 Å². The van der Waals surface area contributed by atoms with E-state index in [1.807, 2.05) is 19.4 Å². The summed E-state index contributed by atoms with van der Waals surface area (Å²) in [6.45, 7) is 1.69. The maximum Gasteiger partial charge on any atom is 0.225 e. The molecule has 142 valence electrons. The molecular weight excluding hydrogens is 359 g/mol. The minimum atomic E-state index is -0.312. The van der Waals surface area contributed by atoms with E-state index in [0.29, 0.717) is 13.2 Å². The number of carbonyl (C=O) groups is 1. The first-order valence-corrected chi connectivity index (χ1v) is 8.32. The summed E-state index contributed by atoms with van der Waals surface area (Å²) in [6.07, 6.45) is 3.76. The number of benzene rings is 1. The van der Waals surface area contributed by atoms with E-state index in [0.717, 1.165) is 17.7 Å². The molecule has 8 heteroatoms. The Morgan fingerprint density at radius 3 is 2.77 bits per heavy atom. The lowest BCUT2D eigenvalue weighted by atomic mass is 9.90. The predicted molar refractivity (Wildman–Crippen MR) is 98.7 cm³/mol. The largest absolute Gasteiger partial charge is 0.382 e. The summed E-state index contributed by atoms with van der Waals surface area (Å²) in [7, 11) is 3.45. The van der Waals surface area contributed by atoms with Crippen LogP contribution in [-0.4, -0.2) is 42.5 Å². The number of halogens is 2. The van der Waals surface area contributed by atoms with Crippen molar-refractivity contribution < 1.29 is 13.9 Å². The highest BCUT2D eigenvalue weighted by molar-refractivity contribution is 5.85. The molecule has 1 aromatic heterocycles. The van der Waals surface area contributed by atoms with Gasteiger partial charge in [0.05, 0.1) is 24.8 Å². The second kappa shape index (κ2) is 9.12. The van der Waals surface area contributed by atoms with Crippen LogP contribution in [0.4, 0.5) is 4.39 Å². The van der Waals surface area contributed by atoms with Gasteiger partial charge in [-0.05, 0) is 23.3 Å². The Bertz CT molecular complexity index is 722. The van der Waals surface area contributed by atoms with Crippen molar-refractivity contribution >= 4 is 18.3 Å². The first-order chi connectivity index (χ1) is 12.1. The van der Waals surface area contributed by atoms with Gasteiger partial charge in [-0.2, -0.15) is 5.10 Å². The quantitative estimate of drug-likeness (QED) is 0.799.